The van der Waals surface area contributed by atoms with Gasteiger partial charge in [-0.05, 0) is 31.5 Å². The van der Waals surface area contributed by atoms with E-state index >= 15 is 0 Å². The first kappa shape index (κ1) is 15.6. The summed E-state index contributed by atoms with van der Waals surface area (Å²) in [7, 11) is 2.89. The van der Waals surface area contributed by atoms with Crippen LogP contribution in [0.25, 0.3) is 0 Å². The maximum Gasteiger partial charge on any atom is 0.328 e. The molecule has 1 heterocycles. The van der Waals surface area contributed by atoms with Gasteiger partial charge in [-0.15, -0.1) is 0 Å². The summed E-state index contributed by atoms with van der Waals surface area (Å²) in [5.74, 6) is 0.170. The summed E-state index contributed by atoms with van der Waals surface area (Å²) in [4.78, 5) is 25.6. The van der Waals surface area contributed by atoms with Gasteiger partial charge in [-0.2, -0.15) is 0 Å². The van der Waals surface area contributed by atoms with Crippen LogP contribution in [0.15, 0.2) is 18.2 Å². The van der Waals surface area contributed by atoms with E-state index in [0.29, 0.717) is 23.6 Å². The summed E-state index contributed by atoms with van der Waals surface area (Å²) < 4.78 is 10.1. The minimum Gasteiger partial charge on any atom is -0.496 e. The van der Waals surface area contributed by atoms with E-state index < -0.39 is 12.0 Å². The second-order valence-electron chi connectivity index (χ2n) is 4.94. The largest absolute Gasteiger partial charge is 0.496 e. The Morgan fingerprint density at radius 2 is 2.14 bits per heavy atom. The highest BCUT2D eigenvalue weighted by Gasteiger charge is 2.40. The van der Waals surface area contributed by atoms with Crippen LogP contribution in [0.3, 0.4) is 0 Å². The predicted octanol–water partition coefficient (Wildman–Crippen LogP) is 2.57. The van der Waals surface area contributed by atoms with Gasteiger partial charge in [0.05, 0.1) is 20.3 Å². The molecule has 0 saturated carbocycles. The van der Waals surface area contributed by atoms with Crippen LogP contribution >= 0.6 is 11.6 Å². The van der Waals surface area contributed by atoms with E-state index in [-0.39, 0.29) is 11.9 Å². The average Bonchev–Trinajstić information content (AvgIpc) is 2.87. The van der Waals surface area contributed by atoms with E-state index in [1.165, 1.54) is 7.11 Å². The van der Waals surface area contributed by atoms with Crippen LogP contribution in [-0.4, -0.2) is 37.0 Å². The van der Waals surface area contributed by atoms with Crippen molar-refractivity contribution in [2.45, 2.75) is 31.8 Å². The van der Waals surface area contributed by atoms with Gasteiger partial charge in [0.15, 0.2) is 0 Å². The lowest BCUT2D eigenvalue weighted by molar-refractivity contribution is -0.150. The van der Waals surface area contributed by atoms with Crippen molar-refractivity contribution in [2.75, 3.05) is 14.2 Å². The number of likely N-dealkylation sites (tertiary alicyclic amines) is 1. The molecule has 1 aliphatic rings. The van der Waals surface area contributed by atoms with E-state index in [1.54, 1.807) is 30.2 Å². The minimum atomic E-state index is -0.554. The molecule has 1 aromatic carbocycles. The van der Waals surface area contributed by atoms with Gasteiger partial charge in [0, 0.05) is 17.0 Å². The Labute approximate surface area is 128 Å². The number of halogens is 1. The minimum absolute atomic E-state index is 0.0695. The number of hydrogen-bond donors (Lipinski definition) is 0. The van der Waals surface area contributed by atoms with E-state index in [4.69, 9.17) is 21.1 Å². The van der Waals surface area contributed by atoms with Crippen molar-refractivity contribution in [1.29, 1.82) is 0 Å². The van der Waals surface area contributed by atoms with E-state index in [9.17, 15) is 9.59 Å². The fourth-order valence-electron chi connectivity index (χ4n) is 2.74. The smallest absolute Gasteiger partial charge is 0.328 e. The van der Waals surface area contributed by atoms with Gasteiger partial charge in [-0.3, -0.25) is 4.79 Å². The molecule has 1 fully saturated rings. The molecule has 0 radical (unpaired) electrons. The van der Waals surface area contributed by atoms with Crippen LogP contribution in [0.2, 0.25) is 5.02 Å². The summed E-state index contributed by atoms with van der Waals surface area (Å²) in [6.07, 6.45) is 0.811. The number of ether oxygens (including phenoxy) is 2. The van der Waals surface area contributed by atoms with Crippen molar-refractivity contribution in [3.05, 3.63) is 28.8 Å². The Morgan fingerprint density at radius 1 is 1.43 bits per heavy atom. The van der Waals surface area contributed by atoms with Gasteiger partial charge in [0.2, 0.25) is 5.91 Å². The van der Waals surface area contributed by atoms with Crippen LogP contribution < -0.4 is 4.74 Å². The molecule has 1 aliphatic heterocycles. The molecule has 2 unspecified atom stereocenters. The molecule has 0 bridgehead atoms. The zero-order valence-corrected chi connectivity index (χ0v) is 13.0. The first-order valence-corrected chi connectivity index (χ1v) is 7.09. The monoisotopic (exact) mass is 311 g/mol. The molecule has 0 aromatic heterocycles. The molecule has 5 nitrogen and oxygen atoms in total. The van der Waals surface area contributed by atoms with Gasteiger partial charge >= 0.3 is 5.97 Å². The first-order valence-electron chi connectivity index (χ1n) is 6.72. The fourth-order valence-corrected chi connectivity index (χ4v) is 2.92. The zero-order valence-electron chi connectivity index (χ0n) is 12.3. The van der Waals surface area contributed by atoms with E-state index in [1.807, 2.05) is 6.92 Å². The molecule has 6 heteroatoms. The van der Waals surface area contributed by atoms with Gasteiger partial charge in [-0.25, -0.2) is 4.79 Å². The lowest BCUT2D eigenvalue weighted by Crippen LogP contribution is -2.41. The van der Waals surface area contributed by atoms with Crippen LogP contribution in [-0.2, 0) is 14.3 Å². The topological polar surface area (TPSA) is 55.8 Å². The van der Waals surface area contributed by atoms with Crippen molar-refractivity contribution >= 4 is 23.5 Å². The number of carbonyl (C=O) groups is 2. The van der Waals surface area contributed by atoms with Crippen molar-refractivity contribution in [1.82, 2.24) is 4.90 Å². The summed E-state index contributed by atoms with van der Waals surface area (Å²) in [6, 6.07) is 4.35. The van der Waals surface area contributed by atoms with Gasteiger partial charge in [0.25, 0.3) is 0 Å². The lowest BCUT2D eigenvalue weighted by atomic mass is 10.0. The molecular weight excluding hydrogens is 294 g/mol. The molecule has 21 heavy (non-hydrogen) atoms. The molecule has 2 rings (SSSR count). The van der Waals surface area contributed by atoms with Crippen molar-refractivity contribution in [3.63, 3.8) is 0 Å². The zero-order chi connectivity index (χ0) is 15.6. The number of methoxy groups -OCH3 is 2. The van der Waals surface area contributed by atoms with E-state index in [2.05, 4.69) is 0 Å². The van der Waals surface area contributed by atoms with Gasteiger partial charge in [-0.1, -0.05) is 11.6 Å². The Kier molecular flexibility index (Phi) is 4.73. The van der Waals surface area contributed by atoms with Crippen LogP contribution in [0.5, 0.6) is 5.75 Å². The highest BCUT2D eigenvalue weighted by Crippen LogP contribution is 2.36. The van der Waals surface area contributed by atoms with Crippen LogP contribution in [0, 0.1) is 0 Å². The Hall–Kier alpha value is -1.75. The van der Waals surface area contributed by atoms with Crippen molar-refractivity contribution in [2.24, 2.45) is 0 Å². The van der Waals surface area contributed by atoms with Crippen LogP contribution in [0.1, 0.15) is 31.4 Å². The summed E-state index contributed by atoms with van der Waals surface area (Å²) in [5.41, 5.74) is 0.772. The highest BCUT2D eigenvalue weighted by atomic mass is 35.5. The first-order chi connectivity index (χ1) is 9.99. The molecule has 1 aromatic rings. The number of benzene rings is 1. The molecular formula is C15H18ClNO4. The second-order valence-corrected chi connectivity index (χ2v) is 5.38. The highest BCUT2D eigenvalue weighted by molar-refractivity contribution is 6.30. The molecule has 0 N–H and O–H groups in total. The van der Waals surface area contributed by atoms with Gasteiger partial charge < -0.3 is 14.4 Å². The number of carbonyl (C=O) groups excluding carboxylic acids is 2. The van der Waals surface area contributed by atoms with Crippen LogP contribution in [0.4, 0.5) is 0 Å². The van der Waals surface area contributed by atoms with Gasteiger partial charge in [0.1, 0.15) is 11.8 Å². The third-order valence-electron chi connectivity index (χ3n) is 3.79. The molecule has 2 atom stereocenters. The van der Waals surface area contributed by atoms with Crippen molar-refractivity contribution < 1.29 is 19.1 Å². The summed E-state index contributed by atoms with van der Waals surface area (Å²) in [6.45, 7) is 1.85. The van der Waals surface area contributed by atoms with E-state index in [0.717, 1.165) is 5.56 Å². The molecule has 0 aliphatic carbocycles. The second kappa shape index (κ2) is 6.35. The summed E-state index contributed by atoms with van der Waals surface area (Å²) in [5, 5.41) is 0.555. The SMILES string of the molecule is COC(=O)C1CCC(=O)N1C(C)c1cc(Cl)ccc1OC. The maximum atomic E-state index is 12.1. The normalized spacial score (nSPS) is 19.5. The number of esters is 1. The Balaban J connectivity index is 2.37. The molecule has 1 amide bonds. The molecule has 0 spiro atoms. The number of rotatable bonds is 4. The quantitative estimate of drug-likeness (QED) is 0.802. The lowest BCUT2D eigenvalue weighted by Gasteiger charge is -2.30. The third-order valence-corrected chi connectivity index (χ3v) is 4.02. The average molecular weight is 312 g/mol. The number of nitrogens with zero attached hydrogens (tertiary/aromatic N) is 1. The van der Waals surface area contributed by atoms with Crippen molar-refractivity contribution in [3.8, 4) is 5.75 Å². The molecule has 1 saturated heterocycles. The Bertz CT molecular complexity index is 561. The Morgan fingerprint density at radius 3 is 2.76 bits per heavy atom. The summed E-state index contributed by atoms with van der Waals surface area (Å²) >= 11 is 6.04. The fraction of sp³-hybridized carbons (Fsp3) is 0.467. The predicted molar refractivity (Wildman–Crippen MR) is 78.3 cm³/mol. The third kappa shape index (κ3) is 2.97. The maximum absolute atomic E-state index is 12.1. The molecule has 114 valence electrons. The number of amides is 1. The number of hydrogen-bond acceptors (Lipinski definition) is 4. The standard InChI is InChI=1S/C15H18ClNO4/c1-9(11-8-10(16)4-6-13(11)20-2)17-12(15(19)21-3)5-7-14(17)18/h4,6,8-9,12H,5,7H2,1-3H3.